The van der Waals surface area contributed by atoms with Crippen LogP contribution in [0, 0.1) is 5.92 Å². The summed E-state index contributed by atoms with van der Waals surface area (Å²) in [5.41, 5.74) is 0. The third-order valence-corrected chi connectivity index (χ3v) is 2.46. The van der Waals surface area contributed by atoms with Crippen molar-refractivity contribution in [2.24, 2.45) is 5.92 Å². The van der Waals surface area contributed by atoms with Gasteiger partial charge in [0, 0.05) is 13.2 Å². The summed E-state index contributed by atoms with van der Waals surface area (Å²) in [7, 11) is 0. The molecular formula is C9H18O2. The van der Waals surface area contributed by atoms with E-state index in [-0.39, 0.29) is 6.10 Å². The fourth-order valence-electron chi connectivity index (χ4n) is 1.73. The highest BCUT2D eigenvalue weighted by atomic mass is 16.5. The molecule has 0 radical (unpaired) electrons. The van der Waals surface area contributed by atoms with Crippen LogP contribution in [0.2, 0.25) is 0 Å². The predicted octanol–water partition coefficient (Wildman–Crippen LogP) is 1.57. The SMILES string of the molecule is CCOCCC1CCCC1O. The molecule has 2 atom stereocenters. The van der Waals surface area contributed by atoms with E-state index in [0.717, 1.165) is 26.1 Å². The average Bonchev–Trinajstić information content (AvgIpc) is 2.37. The quantitative estimate of drug-likeness (QED) is 0.629. The number of aliphatic hydroxyl groups excluding tert-OH is 1. The van der Waals surface area contributed by atoms with Gasteiger partial charge in [0.1, 0.15) is 0 Å². The Bertz CT molecular complexity index is 104. The lowest BCUT2D eigenvalue weighted by Crippen LogP contribution is -2.15. The predicted molar refractivity (Wildman–Crippen MR) is 44.5 cm³/mol. The molecular weight excluding hydrogens is 140 g/mol. The van der Waals surface area contributed by atoms with Crippen LogP contribution in [-0.4, -0.2) is 24.4 Å². The Morgan fingerprint density at radius 3 is 2.82 bits per heavy atom. The second-order valence-electron chi connectivity index (χ2n) is 3.24. The van der Waals surface area contributed by atoms with Crippen LogP contribution >= 0.6 is 0 Å². The smallest absolute Gasteiger partial charge is 0.0569 e. The molecule has 0 aromatic rings. The minimum Gasteiger partial charge on any atom is -0.393 e. The molecule has 0 saturated heterocycles. The lowest BCUT2D eigenvalue weighted by Gasteiger charge is -2.13. The summed E-state index contributed by atoms with van der Waals surface area (Å²) in [4.78, 5) is 0. The van der Waals surface area contributed by atoms with Crippen molar-refractivity contribution < 1.29 is 9.84 Å². The molecule has 1 aliphatic carbocycles. The third-order valence-electron chi connectivity index (χ3n) is 2.46. The second kappa shape index (κ2) is 4.73. The van der Waals surface area contributed by atoms with E-state index >= 15 is 0 Å². The van der Waals surface area contributed by atoms with Crippen LogP contribution in [0.25, 0.3) is 0 Å². The molecule has 1 saturated carbocycles. The van der Waals surface area contributed by atoms with E-state index in [9.17, 15) is 5.11 Å². The molecule has 11 heavy (non-hydrogen) atoms. The van der Waals surface area contributed by atoms with Crippen LogP contribution in [0.1, 0.15) is 32.6 Å². The Kier molecular flexibility index (Phi) is 3.87. The fraction of sp³-hybridized carbons (Fsp3) is 1.00. The van der Waals surface area contributed by atoms with Crippen molar-refractivity contribution in [1.82, 2.24) is 0 Å². The van der Waals surface area contributed by atoms with Gasteiger partial charge in [-0.3, -0.25) is 0 Å². The van der Waals surface area contributed by atoms with Crippen LogP contribution in [-0.2, 0) is 4.74 Å². The summed E-state index contributed by atoms with van der Waals surface area (Å²) >= 11 is 0. The van der Waals surface area contributed by atoms with Gasteiger partial charge in [-0.1, -0.05) is 6.42 Å². The lowest BCUT2D eigenvalue weighted by atomic mass is 10.0. The van der Waals surface area contributed by atoms with Gasteiger partial charge in [0.2, 0.25) is 0 Å². The van der Waals surface area contributed by atoms with Crippen molar-refractivity contribution in [3.8, 4) is 0 Å². The number of hydrogen-bond donors (Lipinski definition) is 1. The van der Waals surface area contributed by atoms with Gasteiger partial charge in [-0.05, 0) is 32.1 Å². The zero-order chi connectivity index (χ0) is 8.10. The summed E-state index contributed by atoms with van der Waals surface area (Å²) < 4.78 is 5.23. The molecule has 1 rings (SSSR count). The maximum atomic E-state index is 9.43. The number of rotatable bonds is 4. The zero-order valence-electron chi connectivity index (χ0n) is 7.25. The molecule has 2 unspecified atom stereocenters. The maximum absolute atomic E-state index is 9.43. The molecule has 1 N–H and O–H groups in total. The Morgan fingerprint density at radius 2 is 2.27 bits per heavy atom. The van der Waals surface area contributed by atoms with Gasteiger partial charge in [0.05, 0.1) is 6.10 Å². The first kappa shape index (κ1) is 9.01. The number of ether oxygens (including phenoxy) is 1. The third kappa shape index (κ3) is 2.80. The summed E-state index contributed by atoms with van der Waals surface area (Å²) in [5, 5.41) is 9.43. The Hall–Kier alpha value is -0.0800. The highest BCUT2D eigenvalue weighted by Crippen LogP contribution is 2.27. The van der Waals surface area contributed by atoms with Gasteiger partial charge in [0.25, 0.3) is 0 Å². The first-order valence-electron chi connectivity index (χ1n) is 4.60. The molecule has 2 heteroatoms. The molecule has 0 amide bonds. The van der Waals surface area contributed by atoms with E-state index in [1.54, 1.807) is 0 Å². The highest BCUT2D eigenvalue weighted by Gasteiger charge is 2.24. The average molecular weight is 158 g/mol. The van der Waals surface area contributed by atoms with Gasteiger partial charge >= 0.3 is 0 Å². The summed E-state index contributed by atoms with van der Waals surface area (Å²) in [6.07, 6.45) is 4.37. The summed E-state index contributed by atoms with van der Waals surface area (Å²) in [6, 6.07) is 0. The van der Waals surface area contributed by atoms with Crippen molar-refractivity contribution in [3.05, 3.63) is 0 Å². The standard InChI is InChI=1S/C9H18O2/c1-2-11-7-6-8-4-3-5-9(8)10/h8-10H,2-7H2,1H3. The molecule has 66 valence electrons. The van der Waals surface area contributed by atoms with E-state index in [4.69, 9.17) is 4.74 Å². The molecule has 0 aromatic carbocycles. The van der Waals surface area contributed by atoms with Crippen molar-refractivity contribution >= 4 is 0 Å². The molecule has 0 spiro atoms. The van der Waals surface area contributed by atoms with E-state index in [1.807, 2.05) is 6.92 Å². The van der Waals surface area contributed by atoms with Crippen molar-refractivity contribution in [1.29, 1.82) is 0 Å². The highest BCUT2D eigenvalue weighted by molar-refractivity contribution is 4.75. The van der Waals surface area contributed by atoms with Gasteiger partial charge < -0.3 is 9.84 Å². The normalized spacial score (nSPS) is 31.1. The zero-order valence-corrected chi connectivity index (χ0v) is 7.25. The molecule has 0 heterocycles. The first-order chi connectivity index (χ1) is 5.34. The van der Waals surface area contributed by atoms with Crippen LogP contribution < -0.4 is 0 Å². The van der Waals surface area contributed by atoms with Crippen molar-refractivity contribution in [3.63, 3.8) is 0 Å². The minimum atomic E-state index is -0.0459. The topological polar surface area (TPSA) is 29.5 Å². The van der Waals surface area contributed by atoms with Gasteiger partial charge in [-0.25, -0.2) is 0 Å². The van der Waals surface area contributed by atoms with Gasteiger partial charge in [-0.2, -0.15) is 0 Å². The molecule has 0 aliphatic heterocycles. The van der Waals surface area contributed by atoms with Crippen LogP contribution in [0.15, 0.2) is 0 Å². The minimum absolute atomic E-state index is 0.0459. The van der Waals surface area contributed by atoms with Crippen LogP contribution in [0.5, 0.6) is 0 Å². The monoisotopic (exact) mass is 158 g/mol. The first-order valence-corrected chi connectivity index (χ1v) is 4.60. The van der Waals surface area contributed by atoms with Gasteiger partial charge in [0.15, 0.2) is 0 Å². The van der Waals surface area contributed by atoms with E-state index < -0.39 is 0 Å². The summed E-state index contributed by atoms with van der Waals surface area (Å²) in [5.74, 6) is 0.515. The van der Waals surface area contributed by atoms with E-state index in [1.165, 1.54) is 12.8 Å². The van der Waals surface area contributed by atoms with E-state index in [2.05, 4.69) is 0 Å². The fourth-order valence-corrected chi connectivity index (χ4v) is 1.73. The molecule has 0 bridgehead atoms. The number of hydrogen-bond acceptors (Lipinski definition) is 2. The van der Waals surface area contributed by atoms with Gasteiger partial charge in [-0.15, -0.1) is 0 Å². The second-order valence-corrected chi connectivity index (χ2v) is 3.24. The molecule has 1 aliphatic rings. The largest absolute Gasteiger partial charge is 0.393 e. The number of aliphatic hydroxyl groups is 1. The van der Waals surface area contributed by atoms with Crippen LogP contribution in [0.3, 0.4) is 0 Å². The Labute approximate surface area is 68.6 Å². The Balaban J connectivity index is 2.05. The van der Waals surface area contributed by atoms with Crippen LogP contribution in [0.4, 0.5) is 0 Å². The van der Waals surface area contributed by atoms with Crippen molar-refractivity contribution in [2.75, 3.05) is 13.2 Å². The molecule has 1 fully saturated rings. The summed E-state index contributed by atoms with van der Waals surface area (Å²) in [6.45, 7) is 3.62. The Morgan fingerprint density at radius 1 is 1.45 bits per heavy atom. The van der Waals surface area contributed by atoms with E-state index in [0.29, 0.717) is 5.92 Å². The van der Waals surface area contributed by atoms with Crippen molar-refractivity contribution in [2.45, 2.75) is 38.7 Å². The molecule has 0 aromatic heterocycles. The molecule has 2 nitrogen and oxygen atoms in total. The maximum Gasteiger partial charge on any atom is 0.0569 e. The lowest BCUT2D eigenvalue weighted by molar-refractivity contribution is 0.0864.